The summed E-state index contributed by atoms with van der Waals surface area (Å²) in [5.41, 5.74) is 0. The number of hydrogen-bond donors (Lipinski definition) is 0. The zero-order valence-electron chi connectivity index (χ0n) is 1.68. The second-order valence-electron chi connectivity index (χ2n) is 0.0891. The number of carbonyl (C=O) groups excluding carboxylic acids is 1. The molecule has 0 radical (unpaired) electrons. The molecule has 0 aliphatic carbocycles. The fourth-order valence-electron chi connectivity index (χ4n) is 0. The summed E-state index contributed by atoms with van der Waals surface area (Å²) in [5.74, 6) is 0.222. The van der Waals surface area contributed by atoms with E-state index < -0.39 is 0 Å². The van der Waals surface area contributed by atoms with Gasteiger partial charge in [0.2, 0.25) is 5.75 Å². The Bertz CT molecular complexity index is 15.5. The van der Waals surface area contributed by atoms with Crippen LogP contribution >= 0.6 is 11.6 Å². The molecular weight excluding hydrogens is 170 g/mol. The molecule has 28 valence electrons. The molecule has 0 amide bonds. The van der Waals surface area contributed by atoms with Gasteiger partial charge in [-0.2, -0.15) is 0 Å². The van der Waals surface area contributed by atoms with Gasteiger partial charge in [-0.05, 0) is 11.6 Å². The third-order valence-electron chi connectivity index (χ3n) is 0. The van der Waals surface area contributed by atoms with Gasteiger partial charge in [0.1, 0.15) is 0 Å². The molecule has 0 N–H and O–H groups in total. The van der Waals surface area contributed by atoms with E-state index >= 15 is 0 Å². The minimum atomic E-state index is 0. The molecule has 0 aromatic carbocycles. The van der Waals surface area contributed by atoms with E-state index in [1.54, 1.807) is 0 Å². The van der Waals surface area contributed by atoms with Crippen LogP contribution in [0, 0.1) is 0 Å². The average molecular weight is 171 g/mol. The van der Waals surface area contributed by atoms with Gasteiger partial charge in [0.25, 0.3) is 0 Å². The third kappa shape index (κ3) is 17.8. The predicted molar refractivity (Wildman–Crippen MR) is 12.6 cm³/mol. The second-order valence-corrected chi connectivity index (χ2v) is 0.267. The van der Waals surface area contributed by atoms with Crippen molar-refractivity contribution in [3.63, 3.8) is 0 Å². The van der Waals surface area contributed by atoms with E-state index in [9.17, 15) is 0 Å². The predicted octanol–water partition coefficient (Wildman–Crippen LogP) is 0.413. The molecule has 3 heteroatoms. The van der Waals surface area contributed by atoms with Gasteiger partial charge in [-0.15, -0.1) is 0 Å². The Hall–Kier alpha value is 0.622. The molecule has 0 unspecified atom stereocenters. The molecule has 4 heavy (non-hydrogen) atoms. The first-order valence-electron chi connectivity index (χ1n) is 0.454. The van der Waals surface area contributed by atoms with Gasteiger partial charge in [0.05, 0.1) is 0 Å². The van der Waals surface area contributed by atoms with Gasteiger partial charge in [-0.1, -0.05) is 0 Å². The Kier molecular flexibility index (Phi) is 20.9. The normalized spacial score (nSPS) is 3.25. The molecule has 0 fully saturated rings. The molecule has 0 saturated carbocycles. The van der Waals surface area contributed by atoms with Gasteiger partial charge in [0, 0.05) is 20.4 Å². The van der Waals surface area contributed by atoms with Gasteiger partial charge >= 0.3 is 0 Å². The van der Waals surface area contributed by atoms with E-state index in [1.165, 1.54) is 0 Å². The van der Waals surface area contributed by atoms with Gasteiger partial charge in [-0.25, -0.2) is 0 Å². The Morgan fingerprint density at radius 3 is 1.75 bits per heavy atom. The molecule has 0 bridgehead atoms. The topological polar surface area (TPSA) is 17.1 Å². The Morgan fingerprint density at radius 1 is 1.75 bits per heavy atom. The number of hydrogen-bond acceptors (Lipinski definition) is 1. The summed E-state index contributed by atoms with van der Waals surface area (Å²) in [6, 6.07) is 0. The third-order valence-corrected chi connectivity index (χ3v) is 0. The second kappa shape index (κ2) is 9.46. The average Bonchev–Trinajstić information content (AvgIpc) is 0.918. The first kappa shape index (κ1) is 8.82. The first-order chi connectivity index (χ1) is 1.41. The molecule has 0 saturated heterocycles. The maximum absolute atomic E-state index is 8.57. The maximum Gasteiger partial charge on any atom is 0.208 e. The van der Waals surface area contributed by atoms with E-state index in [1.807, 2.05) is 0 Å². The minimum absolute atomic E-state index is 0. The van der Waals surface area contributed by atoms with Crippen molar-refractivity contribution < 1.29 is 25.2 Å². The number of carbonyl (C=O) groups is 1. The zero-order chi connectivity index (χ0) is 2.71. The monoisotopic (exact) mass is 170 g/mol. The summed E-state index contributed by atoms with van der Waals surface area (Å²) in [4.78, 5) is 8.57. The smallest absolute Gasteiger partial charge is 0.208 e. The fraction of sp³-hybridized carbons (Fsp3) is 0. The zero-order valence-corrected chi connectivity index (χ0v) is 3.99. The molecule has 0 heterocycles. The van der Waals surface area contributed by atoms with Crippen molar-refractivity contribution in [2.75, 3.05) is 0 Å². The Balaban J connectivity index is 0. The molecule has 1 nitrogen and oxygen atoms in total. The standard InChI is InChI=1S/CHClO.Pd/c2-1-3;/h1H;. The van der Waals surface area contributed by atoms with Crippen molar-refractivity contribution in [1.82, 2.24) is 0 Å². The first-order valence-corrected chi connectivity index (χ1v) is 0.890. The van der Waals surface area contributed by atoms with Crippen molar-refractivity contribution >= 4 is 17.3 Å². The SMILES string of the molecule is O=CCl.[Pd]. The summed E-state index contributed by atoms with van der Waals surface area (Å²) in [7, 11) is 0. The van der Waals surface area contributed by atoms with Crippen LogP contribution in [0.3, 0.4) is 0 Å². The van der Waals surface area contributed by atoms with Gasteiger partial charge in [-0.3, -0.25) is 4.79 Å². The van der Waals surface area contributed by atoms with Crippen LogP contribution < -0.4 is 0 Å². The molecule has 0 aromatic heterocycles. The van der Waals surface area contributed by atoms with Crippen molar-refractivity contribution in [1.29, 1.82) is 0 Å². The van der Waals surface area contributed by atoms with E-state index in [4.69, 9.17) is 4.79 Å². The summed E-state index contributed by atoms with van der Waals surface area (Å²) >= 11 is 4.32. The van der Waals surface area contributed by atoms with E-state index in [0.29, 0.717) is 0 Å². The number of rotatable bonds is 0. The van der Waals surface area contributed by atoms with Crippen LogP contribution in [0.5, 0.6) is 0 Å². The van der Waals surface area contributed by atoms with Crippen molar-refractivity contribution in [2.45, 2.75) is 0 Å². The minimum Gasteiger partial charge on any atom is -0.285 e. The molecule has 0 aliphatic heterocycles. The van der Waals surface area contributed by atoms with Crippen LogP contribution in [0.1, 0.15) is 0 Å². The molecule has 0 atom stereocenters. The van der Waals surface area contributed by atoms with Crippen LogP contribution in [0.2, 0.25) is 0 Å². The van der Waals surface area contributed by atoms with Crippen molar-refractivity contribution in [3.8, 4) is 0 Å². The Labute approximate surface area is 43.0 Å². The molecule has 0 aliphatic rings. The quantitative estimate of drug-likeness (QED) is 0.293. The van der Waals surface area contributed by atoms with Gasteiger partial charge < -0.3 is 0 Å². The summed E-state index contributed by atoms with van der Waals surface area (Å²) < 4.78 is 0. The van der Waals surface area contributed by atoms with Crippen LogP contribution in [0.4, 0.5) is 0 Å². The van der Waals surface area contributed by atoms with Crippen LogP contribution in [0.25, 0.3) is 0 Å². The van der Waals surface area contributed by atoms with Crippen molar-refractivity contribution in [3.05, 3.63) is 0 Å². The molecule has 0 aromatic rings. The van der Waals surface area contributed by atoms with E-state index in [0.717, 1.165) is 0 Å². The molecular formula is CHClOPd. The van der Waals surface area contributed by atoms with E-state index in [-0.39, 0.29) is 26.2 Å². The van der Waals surface area contributed by atoms with Crippen molar-refractivity contribution in [2.24, 2.45) is 0 Å². The van der Waals surface area contributed by atoms with E-state index in [2.05, 4.69) is 11.6 Å². The summed E-state index contributed by atoms with van der Waals surface area (Å²) in [5, 5.41) is 0. The molecule has 0 spiro atoms. The van der Waals surface area contributed by atoms with Crippen LogP contribution in [0.15, 0.2) is 0 Å². The summed E-state index contributed by atoms with van der Waals surface area (Å²) in [6.07, 6.45) is 0. The largest absolute Gasteiger partial charge is 0.285 e. The Morgan fingerprint density at radius 2 is 1.75 bits per heavy atom. The van der Waals surface area contributed by atoms with Crippen LogP contribution in [-0.2, 0) is 25.2 Å². The summed E-state index contributed by atoms with van der Waals surface area (Å²) in [6.45, 7) is 0. The number of halogens is 1. The maximum atomic E-state index is 8.57. The van der Waals surface area contributed by atoms with Crippen LogP contribution in [-0.4, -0.2) is 5.75 Å². The molecule has 0 rings (SSSR count). The van der Waals surface area contributed by atoms with Gasteiger partial charge in [0.15, 0.2) is 0 Å². The fourth-order valence-corrected chi connectivity index (χ4v) is 0.